The van der Waals surface area contributed by atoms with E-state index in [1.807, 2.05) is 30.2 Å². The predicted octanol–water partition coefficient (Wildman–Crippen LogP) is 2.45. The van der Waals surface area contributed by atoms with Crippen molar-refractivity contribution >= 4 is 5.91 Å². The van der Waals surface area contributed by atoms with E-state index in [-0.39, 0.29) is 17.7 Å². The molecule has 1 aromatic heterocycles. The molecular formula is C21H30N4O. The number of hydrogen-bond donors (Lipinski definition) is 1. The van der Waals surface area contributed by atoms with E-state index in [9.17, 15) is 4.79 Å². The van der Waals surface area contributed by atoms with Crippen molar-refractivity contribution in [2.24, 2.45) is 18.9 Å². The average molecular weight is 354 g/mol. The van der Waals surface area contributed by atoms with E-state index in [0.29, 0.717) is 5.92 Å². The molecule has 3 rings (SSSR count). The first-order chi connectivity index (χ1) is 12.5. The Bertz CT molecular complexity index is 710. The number of carbonyl (C=O) groups excluding carboxylic acids is 1. The summed E-state index contributed by atoms with van der Waals surface area (Å²) in [5, 5.41) is 7.70. The van der Waals surface area contributed by atoms with Crippen molar-refractivity contribution in [3.63, 3.8) is 0 Å². The molecule has 1 aliphatic rings. The van der Waals surface area contributed by atoms with E-state index in [4.69, 9.17) is 0 Å². The van der Waals surface area contributed by atoms with Crippen molar-refractivity contribution in [1.29, 1.82) is 0 Å². The zero-order valence-electron chi connectivity index (χ0n) is 16.1. The molecule has 0 bridgehead atoms. The molecule has 1 amide bonds. The summed E-state index contributed by atoms with van der Waals surface area (Å²) in [4.78, 5) is 15.4. The fourth-order valence-electron chi connectivity index (χ4n) is 3.80. The smallest absolute Gasteiger partial charge is 0.227 e. The molecular weight excluding hydrogens is 324 g/mol. The van der Waals surface area contributed by atoms with Crippen molar-refractivity contribution in [3.05, 3.63) is 53.9 Å². The molecule has 26 heavy (non-hydrogen) atoms. The highest BCUT2D eigenvalue weighted by atomic mass is 16.2. The van der Waals surface area contributed by atoms with Crippen LogP contribution in [0.5, 0.6) is 0 Å². The normalized spacial score (nSPS) is 19.8. The quantitative estimate of drug-likeness (QED) is 0.831. The Morgan fingerprint density at radius 3 is 2.73 bits per heavy atom. The monoisotopic (exact) mass is 354 g/mol. The van der Waals surface area contributed by atoms with Gasteiger partial charge in [-0.2, -0.15) is 5.10 Å². The number of carbonyl (C=O) groups is 1. The lowest BCUT2D eigenvalue weighted by Crippen LogP contribution is -2.42. The lowest BCUT2D eigenvalue weighted by molar-refractivity contribution is -0.135. The summed E-state index contributed by atoms with van der Waals surface area (Å²) in [5.74, 6) is 0.936. The van der Waals surface area contributed by atoms with Crippen molar-refractivity contribution in [2.75, 3.05) is 26.2 Å². The second-order valence-electron chi connectivity index (χ2n) is 7.73. The third-order valence-electron chi connectivity index (χ3n) is 5.09. The molecule has 0 saturated carbocycles. The van der Waals surface area contributed by atoms with Gasteiger partial charge in [0, 0.05) is 45.3 Å². The highest BCUT2D eigenvalue weighted by molar-refractivity contribution is 5.80. The van der Waals surface area contributed by atoms with Gasteiger partial charge in [0.2, 0.25) is 5.91 Å². The standard InChI is InChI=1S/C21H30N4O/c1-16(2)14-25(10-9-17-7-5-4-6-8-17)21(26)20-13-22-12-19(20)18-11-23-24(3)15-18/h4-8,11,15-16,19-20,22H,9-10,12-14H2,1-3H3/t19-,20+/m1/s1. The Morgan fingerprint density at radius 1 is 1.31 bits per heavy atom. The van der Waals surface area contributed by atoms with Gasteiger partial charge in [-0.15, -0.1) is 0 Å². The van der Waals surface area contributed by atoms with Crippen molar-refractivity contribution in [3.8, 4) is 0 Å². The number of nitrogens with one attached hydrogen (secondary N) is 1. The number of aromatic nitrogens is 2. The summed E-state index contributed by atoms with van der Waals surface area (Å²) in [6, 6.07) is 10.4. The van der Waals surface area contributed by atoms with Crippen molar-refractivity contribution in [1.82, 2.24) is 20.0 Å². The maximum absolute atomic E-state index is 13.4. The lowest BCUT2D eigenvalue weighted by atomic mass is 9.89. The molecule has 0 unspecified atom stereocenters. The average Bonchev–Trinajstić information content (AvgIpc) is 3.27. The van der Waals surface area contributed by atoms with Gasteiger partial charge in [-0.25, -0.2) is 0 Å². The minimum absolute atomic E-state index is 0.00581. The maximum atomic E-state index is 13.4. The van der Waals surface area contributed by atoms with Gasteiger partial charge in [-0.05, 0) is 23.5 Å². The van der Waals surface area contributed by atoms with Gasteiger partial charge in [0.1, 0.15) is 0 Å². The molecule has 0 spiro atoms. The number of nitrogens with zero attached hydrogens (tertiary/aromatic N) is 3. The van der Waals surface area contributed by atoms with E-state index in [0.717, 1.165) is 38.2 Å². The van der Waals surface area contributed by atoms with Crippen LogP contribution in [0.4, 0.5) is 0 Å². The summed E-state index contributed by atoms with van der Waals surface area (Å²) in [6.07, 6.45) is 4.83. The van der Waals surface area contributed by atoms with Crippen LogP contribution in [0.3, 0.4) is 0 Å². The van der Waals surface area contributed by atoms with E-state index >= 15 is 0 Å². The van der Waals surface area contributed by atoms with E-state index < -0.39 is 0 Å². The highest BCUT2D eigenvalue weighted by Crippen LogP contribution is 2.29. The molecule has 140 valence electrons. The summed E-state index contributed by atoms with van der Waals surface area (Å²) in [5.41, 5.74) is 2.44. The van der Waals surface area contributed by atoms with Crippen LogP contribution in [-0.4, -0.2) is 46.8 Å². The number of benzene rings is 1. The van der Waals surface area contributed by atoms with Crippen LogP contribution in [-0.2, 0) is 18.3 Å². The molecule has 1 aliphatic heterocycles. The lowest BCUT2D eigenvalue weighted by Gasteiger charge is -2.29. The first kappa shape index (κ1) is 18.6. The molecule has 0 radical (unpaired) electrons. The Balaban J connectivity index is 1.71. The number of hydrogen-bond acceptors (Lipinski definition) is 3. The summed E-state index contributed by atoms with van der Waals surface area (Å²) in [7, 11) is 1.92. The minimum Gasteiger partial charge on any atom is -0.342 e. The zero-order valence-corrected chi connectivity index (χ0v) is 16.1. The van der Waals surface area contributed by atoms with Crippen molar-refractivity contribution < 1.29 is 4.79 Å². The van der Waals surface area contributed by atoms with Gasteiger partial charge in [-0.3, -0.25) is 9.48 Å². The van der Waals surface area contributed by atoms with E-state index in [2.05, 4.69) is 53.4 Å². The molecule has 1 fully saturated rings. The number of aryl methyl sites for hydroxylation is 1. The number of rotatable bonds is 7. The van der Waals surface area contributed by atoms with Crippen molar-refractivity contribution in [2.45, 2.75) is 26.2 Å². The van der Waals surface area contributed by atoms with Crippen LogP contribution >= 0.6 is 0 Å². The van der Waals surface area contributed by atoms with Crippen LogP contribution in [0.25, 0.3) is 0 Å². The predicted molar refractivity (Wildman–Crippen MR) is 104 cm³/mol. The number of amides is 1. The molecule has 1 saturated heterocycles. The summed E-state index contributed by atoms with van der Waals surface area (Å²) >= 11 is 0. The fraction of sp³-hybridized carbons (Fsp3) is 0.524. The van der Waals surface area contributed by atoms with Crippen LogP contribution in [0, 0.1) is 11.8 Å². The second-order valence-corrected chi connectivity index (χ2v) is 7.73. The Labute approximate surface area is 156 Å². The summed E-state index contributed by atoms with van der Waals surface area (Å²) in [6.45, 7) is 7.52. The molecule has 0 aliphatic carbocycles. The zero-order chi connectivity index (χ0) is 18.5. The first-order valence-corrected chi connectivity index (χ1v) is 9.56. The minimum atomic E-state index is -0.00581. The van der Waals surface area contributed by atoms with E-state index in [1.165, 1.54) is 5.56 Å². The third kappa shape index (κ3) is 4.52. The maximum Gasteiger partial charge on any atom is 0.227 e. The molecule has 2 heterocycles. The highest BCUT2D eigenvalue weighted by Gasteiger charge is 2.37. The molecule has 2 atom stereocenters. The molecule has 1 N–H and O–H groups in total. The van der Waals surface area contributed by atoms with Gasteiger partial charge >= 0.3 is 0 Å². The van der Waals surface area contributed by atoms with Gasteiger partial charge in [-0.1, -0.05) is 44.2 Å². The molecule has 2 aromatic rings. The Morgan fingerprint density at radius 2 is 2.08 bits per heavy atom. The van der Waals surface area contributed by atoms with Gasteiger partial charge in [0.15, 0.2) is 0 Å². The van der Waals surface area contributed by atoms with Crippen LogP contribution in [0.1, 0.15) is 30.9 Å². The SMILES string of the molecule is CC(C)CN(CCc1ccccc1)C(=O)[C@H]1CNC[C@@H]1c1cnn(C)c1. The Kier molecular flexibility index (Phi) is 6.09. The van der Waals surface area contributed by atoms with Gasteiger partial charge < -0.3 is 10.2 Å². The second kappa shape index (κ2) is 8.49. The van der Waals surface area contributed by atoms with Gasteiger partial charge in [0.05, 0.1) is 12.1 Å². The Hall–Kier alpha value is -2.14. The third-order valence-corrected chi connectivity index (χ3v) is 5.09. The van der Waals surface area contributed by atoms with Crippen LogP contribution in [0.15, 0.2) is 42.7 Å². The summed E-state index contributed by atoms with van der Waals surface area (Å²) < 4.78 is 1.82. The van der Waals surface area contributed by atoms with Gasteiger partial charge in [0.25, 0.3) is 0 Å². The topological polar surface area (TPSA) is 50.2 Å². The van der Waals surface area contributed by atoms with Crippen LogP contribution in [0.2, 0.25) is 0 Å². The molecule has 1 aromatic carbocycles. The first-order valence-electron chi connectivity index (χ1n) is 9.56. The molecule has 5 heteroatoms. The largest absolute Gasteiger partial charge is 0.342 e. The van der Waals surface area contributed by atoms with Crippen LogP contribution < -0.4 is 5.32 Å². The fourth-order valence-corrected chi connectivity index (χ4v) is 3.80. The molecule has 5 nitrogen and oxygen atoms in total. The van der Waals surface area contributed by atoms with E-state index in [1.54, 1.807) is 0 Å².